The van der Waals surface area contributed by atoms with Crippen LogP contribution in [0.3, 0.4) is 0 Å². The number of carbonyl (C=O) groups is 5. The monoisotopic (exact) mass is 588 g/mol. The third-order valence-corrected chi connectivity index (χ3v) is 6.15. The maximum atomic E-state index is 13.3. The molecule has 4 amide bonds. The standard InChI is InChI=1S/C30H44N4O8/c1-17(2)14-22(33-29(40)42-30(5,6)7)26(37)31-20-10-13-24(36)34-25(18(3)4)27(38)32-23(28(39)41-16-20)15-19-8-11-21(35)12-9-19/h8-13,17-18,20,22-23,25,35H,14-16H2,1-7H3,(H,31,37)(H,32,38)(H,33,40)(H,34,36)/b13-10-/t20-,22+,23+,25+/m1/s1. The highest BCUT2D eigenvalue weighted by atomic mass is 16.6. The van der Waals surface area contributed by atoms with Crippen LogP contribution in [0.2, 0.25) is 0 Å². The molecule has 0 aliphatic carbocycles. The zero-order valence-electron chi connectivity index (χ0n) is 25.4. The molecule has 232 valence electrons. The normalized spacial score (nSPS) is 21.6. The summed E-state index contributed by atoms with van der Waals surface area (Å²) in [6, 6.07) is 2.22. The van der Waals surface area contributed by atoms with E-state index in [4.69, 9.17) is 9.47 Å². The largest absolute Gasteiger partial charge is 0.508 e. The van der Waals surface area contributed by atoms with Crippen LogP contribution < -0.4 is 21.3 Å². The van der Waals surface area contributed by atoms with Crippen molar-refractivity contribution in [3.05, 3.63) is 42.0 Å². The summed E-state index contributed by atoms with van der Waals surface area (Å²) in [6.45, 7) is 12.1. The Balaban J connectivity index is 2.30. The lowest BCUT2D eigenvalue weighted by Crippen LogP contribution is -2.55. The molecule has 1 aromatic rings. The summed E-state index contributed by atoms with van der Waals surface area (Å²) in [5.74, 6) is -2.64. The molecule has 12 nitrogen and oxygen atoms in total. The first-order valence-corrected chi connectivity index (χ1v) is 14.1. The maximum Gasteiger partial charge on any atom is 0.408 e. The Labute approximate surface area is 247 Å². The summed E-state index contributed by atoms with van der Waals surface area (Å²) in [7, 11) is 0. The van der Waals surface area contributed by atoms with Crippen LogP contribution in [0.25, 0.3) is 0 Å². The molecule has 0 radical (unpaired) electrons. The first-order chi connectivity index (χ1) is 19.5. The second-order valence-electron chi connectivity index (χ2n) is 12.1. The molecule has 0 unspecified atom stereocenters. The number of ether oxygens (including phenoxy) is 2. The number of amides is 4. The number of phenolic OH excluding ortho intramolecular Hbond substituents is 1. The summed E-state index contributed by atoms with van der Waals surface area (Å²) >= 11 is 0. The number of aromatic hydroxyl groups is 1. The molecule has 1 aliphatic rings. The van der Waals surface area contributed by atoms with Crippen molar-refractivity contribution in [1.29, 1.82) is 0 Å². The molecule has 1 heterocycles. The van der Waals surface area contributed by atoms with Crippen molar-refractivity contribution in [3.8, 4) is 5.75 Å². The molecule has 1 aliphatic heterocycles. The fraction of sp³-hybridized carbons (Fsp3) is 0.567. The maximum absolute atomic E-state index is 13.3. The minimum atomic E-state index is -1.11. The Morgan fingerprint density at radius 1 is 1.07 bits per heavy atom. The summed E-state index contributed by atoms with van der Waals surface area (Å²) in [4.78, 5) is 64.7. The number of carbonyl (C=O) groups excluding carboxylic acids is 5. The molecule has 5 N–H and O–H groups in total. The van der Waals surface area contributed by atoms with E-state index in [1.807, 2.05) is 13.8 Å². The van der Waals surface area contributed by atoms with E-state index in [-0.39, 0.29) is 30.6 Å². The molecule has 0 aromatic heterocycles. The second kappa shape index (κ2) is 15.2. The summed E-state index contributed by atoms with van der Waals surface area (Å²) < 4.78 is 10.8. The number of rotatable bonds is 8. The van der Waals surface area contributed by atoms with Crippen LogP contribution in [0.1, 0.15) is 60.5 Å². The highest BCUT2D eigenvalue weighted by molar-refractivity contribution is 5.95. The summed E-state index contributed by atoms with van der Waals surface area (Å²) in [5, 5.41) is 20.2. The van der Waals surface area contributed by atoms with Crippen molar-refractivity contribution in [2.45, 2.75) is 91.1 Å². The van der Waals surface area contributed by atoms with Crippen LogP contribution in [0, 0.1) is 11.8 Å². The fourth-order valence-electron chi connectivity index (χ4n) is 4.12. The minimum absolute atomic E-state index is 0.0448. The molecule has 0 bridgehead atoms. The molecule has 4 atom stereocenters. The first kappa shape index (κ1) is 34.1. The third-order valence-electron chi connectivity index (χ3n) is 6.15. The molecular weight excluding hydrogens is 544 g/mol. The molecule has 0 fully saturated rings. The Morgan fingerprint density at radius 2 is 1.71 bits per heavy atom. The van der Waals surface area contributed by atoms with E-state index in [0.29, 0.717) is 12.0 Å². The number of nitrogens with one attached hydrogen (secondary N) is 4. The van der Waals surface area contributed by atoms with Gasteiger partial charge in [0.2, 0.25) is 17.7 Å². The van der Waals surface area contributed by atoms with Gasteiger partial charge in [0, 0.05) is 12.5 Å². The van der Waals surface area contributed by atoms with Crippen molar-refractivity contribution in [2.75, 3.05) is 6.61 Å². The van der Waals surface area contributed by atoms with Gasteiger partial charge >= 0.3 is 12.1 Å². The van der Waals surface area contributed by atoms with Gasteiger partial charge in [0.05, 0.1) is 6.04 Å². The van der Waals surface area contributed by atoms with Crippen molar-refractivity contribution >= 4 is 29.8 Å². The quantitative estimate of drug-likeness (QED) is 0.287. The Hall–Kier alpha value is -4.09. The van der Waals surface area contributed by atoms with E-state index in [2.05, 4.69) is 21.3 Å². The number of phenols is 1. The summed E-state index contributed by atoms with van der Waals surface area (Å²) in [6.07, 6.45) is 2.14. The predicted octanol–water partition coefficient (Wildman–Crippen LogP) is 2.10. The van der Waals surface area contributed by atoms with E-state index in [0.717, 1.165) is 6.08 Å². The molecule has 12 heteroatoms. The van der Waals surface area contributed by atoms with Crippen LogP contribution in [0.4, 0.5) is 4.79 Å². The molecule has 0 saturated heterocycles. The summed E-state index contributed by atoms with van der Waals surface area (Å²) in [5.41, 5.74) is -0.109. The lowest BCUT2D eigenvalue weighted by atomic mass is 10.0. The topological polar surface area (TPSA) is 172 Å². The Kier molecular flexibility index (Phi) is 12.4. The van der Waals surface area contributed by atoms with Gasteiger partial charge < -0.3 is 35.8 Å². The Morgan fingerprint density at radius 3 is 2.29 bits per heavy atom. The third kappa shape index (κ3) is 11.8. The van der Waals surface area contributed by atoms with Crippen LogP contribution in [-0.2, 0) is 35.1 Å². The number of hydrogen-bond acceptors (Lipinski definition) is 8. The predicted molar refractivity (Wildman–Crippen MR) is 155 cm³/mol. The van der Waals surface area contributed by atoms with E-state index in [1.54, 1.807) is 46.8 Å². The molecule has 0 spiro atoms. The number of benzene rings is 1. The van der Waals surface area contributed by atoms with Crippen molar-refractivity contribution < 1.29 is 38.6 Å². The van der Waals surface area contributed by atoms with E-state index >= 15 is 0 Å². The van der Waals surface area contributed by atoms with Gasteiger partial charge in [0.1, 0.15) is 36.1 Å². The Bertz CT molecular complexity index is 1140. The average molecular weight is 589 g/mol. The van der Waals surface area contributed by atoms with Crippen LogP contribution in [0.15, 0.2) is 36.4 Å². The lowest BCUT2D eigenvalue weighted by Gasteiger charge is -2.27. The van der Waals surface area contributed by atoms with Crippen LogP contribution in [-0.4, -0.2) is 71.3 Å². The SMILES string of the molecule is CC(C)C[C@H](NC(=O)OC(C)(C)C)C(=O)N[C@@H]1/C=C\C(=O)N[C@@H](C(C)C)C(=O)N[C@@H](Cc2ccc(O)cc2)C(=O)OC1. The van der Waals surface area contributed by atoms with Gasteiger partial charge in [-0.15, -0.1) is 0 Å². The van der Waals surface area contributed by atoms with Crippen molar-refractivity contribution in [1.82, 2.24) is 21.3 Å². The van der Waals surface area contributed by atoms with Crippen LogP contribution >= 0.6 is 0 Å². The first-order valence-electron chi connectivity index (χ1n) is 14.1. The average Bonchev–Trinajstić information content (AvgIpc) is 2.86. The highest BCUT2D eigenvalue weighted by Gasteiger charge is 2.31. The minimum Gasteiger partial charge on any atom is -0.508 e. The van der Waals surface area contributed by atoms with E-state index in [9.17, 15) is 29.1 Å². The second-order valence-corrected chi connectivity index (χ2v) is 12.1. The van der Waals surface area contributed by atoms with E-state index in [1.165, 1.54) is 18.2 Å². The number of esters is 1. The molecular formula is C30H44N4O8. The van der Waals surface area contributed by atoms with Gasteiger partial charge in [-0.1, -0.05) is 45.9 Å². The smallest absolute Gasteiger partial charge is 0.408 e. The lowest BCUT2D eigenvalue weighted by molar-refractivity contribution is -0.149. The molecule has 42 heavy (non-hydrogen) atoms. The molecule has 1 aromatic carbocycles. The van der Waals surface area contributed by atoms with Crippen LogP contribution in [0.5, 0.6) is 5.75 Å². The number of cyclic esters (lactones) is 1. The van der Waals surface area contributed by atoms with Gasteiger partial charge in [-0.05, 0) is 56.7 Å². The van der Waals surface area contributed by atoms with Crippen molar-refractivity contribution in [2.24, 2.45) is 11.8 Å². The number of hydrogen-bond donors (Lipinski definition) is 5. The highest BCUT2D eigenvalue weighted by Crippen LogP contribution is 2.14. The van der Waals surface area contributed by atoms with Gasteiger partial charge in [-0.2, -0.15) is 0 Å². The van der Waals surface area contributed by atoms with Crippen molar-refractivity contribution in [3.63, 3.8) is 0 Å². The zero-order chi connectivity index (χ0) is 31.6. The molecule has 2 rings (SSSR count). The van der Waals surface area contributed by atoms with E-state index < -0.39 is 59.6 Å². The molecule has 0 saturated carbocycles. The van der Waals surface area contributed by atoms with Gasteiger partial charge in [0.25, 0.3) is 0 Å². The van der Waals surface area contributed by atoms with Gasteiger partial charge in [-0.3, -0.25) is 14.4 Å². The number of alkyl carbamates (subject to hydrolysis) is 1. The zero-order valence-corrected chi connectivity index (χ0v) is 25.4. The van der Waals surface area contributed by atoms with Gasteiger partial charge in [0.15, 0.2) is 0 Å². The van der Waals surface area contributed by atoms with Gasteiger partial charge in [-0.25, -0.2) is 9.59 Å². The fourth-order valence-corrected chi connectivity index (χ4v) is 4.12.